The topological polar surface area (TPSA) is 53.3 Å². The van der Waals surface area contributed by atoms with E-state index in [0.29, 0.717) is 38.1 Å². The summed E-state index contributed by atoms with van der Waals surface area (Å²) >= 11 is 0. The van der Waals surface area contributed by atoms with Gasteiger partial charge in [-0.3, -0.25) is 4.79 Å². The number of amides is 1. The van der Waals surface area contributed by atoms with Crippen LogP contribution in [0.5, 0.6) is 5.75 Å². The molecule has 0 spiro atoms. The van der Waals surface area contributed by atoms with E-state index >= 15 is 0 Å². The van der Waals surface area contributed by atoms with Gasteiger partial charge in [0.15, 0.2) is 0 Å². The Morgan fingerprint density at radius 3 is 2.29 bits per heavy atom. The number of carbonyl (C=O) groups is 1. The normalized spacial score (nSPS) is 10.4. The summed E-state index contributed by atoms with van der Waals surface area (Å²) in [5.41, 5.74) is 3.29. The molecule has 0 aromatic heterocycles. The van der Waals surface area contributed by atoms with Crippen molar-refractivity contribution in [2.75, 3.05) is 6.61 Å². The van der Waals surface area contributed by atoms with Gasteiger partial charge in [-0.2, -0.15) is 5.26 Å². The molecule has 3 rings (SSSR count). The Morgan fingerprint density at radius 2 is 1.65 bits per heavy atom. The largest absolute Gasteiger partial charge is 0.494 e. The van der Waals surface area contributed by atoms with Crippen molar-refractivity contribution in [1.82, 2.24) is 4.90 Å². The number of hydrogen-bond donors (Lipinski definition) is 0. The molecule has 0 heterocycles. The number of rotatable bonds is 9. The molecule has 0 aliphatic rings. The smallest absolute Gasteiger partial charge is 0.223 e. The third-order valence-corrected chi connectivity index (χ3v) is 4.93. The van der Waals surface area contributed by atoms with Gasteiger partial charge in [0.05, 0.1) is 18.2 Å². The van der Waals surface area contributed by atoms with E-state index in [9.17, 15) is 9.18 Å². The maximum absolute atomic E-state index is 13.6. The minimum Gasteiger partial charge on any atom is -0.494 e. The van der Waals surface area contributed by atoms with Gasteiger partial charge in [0.1, 0.15) is 11.6 Å². The average Bonchev–Trinajstić information content (AvgIpc) is 2.79. The molecular formula is C26H25FN2O2. The van der Waals surface area contributed by atoms with Gasteiger partial charge in [-0.25, -0.2) is 4.39 Å². The first-order chi connectivity index (χ1) is 15.1. The van der Waals surface area contributed by atoms with Gasteiger partial charge in [-0.1, -0.05) is 36.4 Å². The average molecular weight is 416 g/mol. The second kappa shape index (κ2) is 10.9. The molecule has 0 saturated carbocycles. The first kappa shape index (κ1) is 22.0. The molecule has 31 heavy (non-hydrogen) atoms. The highest BCUT2D eigenvalue weighted by Gasteiger charge is 2.15. The Kier molecular flexibility index (Phi) is 7.78. The number of halogens is 1. The molecule has 0 aliphatic carbocycles. The predicted octanol–water partition coefficient (Wildman–Crippen LogP) is 5.26. The molecule has 0 unspecified atom stereocenters. The van der Waals surface area contributed by atoms with Crippen molar-refractivity contribution in [2.24, 2.45) is 0 Å². The first-order valence-corrected chi connectivity index (χ1v) is 10.3. The van der Waals surface area contributed by atoms with Crippen LogP contribution in [0.2, 0.25) is 0 Å². The molecule has 4 nitrogen and oxygen atoms in total. The molecule has 0 N–H and O–H groups in total. The van der Waals surface area contributed by atoms with E-state index in [1.54, 1.807) is 23.1 Å². The third kappa shape index (κ3) is 6.68. The van der Waals surface area contributed by atoms with Gasteiger partial charge < -0.3 is 9.64 Å². The molecule has 0 aliphatic heterocycles. The first-order valence-electron chi connectivity index (χ1n) is 10.3. The van der Waals surface area contributed by atoms with Crippen LogP contribution in [0.15, 0.2) is 72.8 Å². The number of carbonyl (C=O) groups excluding carboxylic acids is 1. The van der Waals surface area contributed by atoms with Crippen LogP contribution in [0.3, 0.4) is 0 Å². The SMILES string of the molecule is CCOc1ccc(CCC(=O)N(Cc2ccc(C#N)cc2)Cc2cccc(F)c2)cc1. The highest BCUT2D eigenvalue weighted by atomic mass is 19.1. The maximum atomic E-state index is 13.6. The molecule has 1 amide bonds. The molecule has 0 radical (unpaired) electrons. The van der Waals surface area contributed by atoms with Gasteiger partial charge in [-0.15, -0.1) is 0 Å². The van der Waals surface area contributed by atoms with Crippen LogP contribution in [0, 0.1) is 17.1 Å². The van der Waals surface area contributed by atoms with E-state index in [0.717, 1.165) is 22.4 Å². The fourth-order valence-corrected chi connectivity index (χ4v) is 3.32. The van der Waals surface area contributed by atoms with Crippen LogP contribution in [0.1, 0.15) is 35.6 Å². The van der Waals surface area contributed by atoms with Gasteiger partial charge in [0, 0.05) is 19.5 Å². The Hall–Kier alpha value is -3.65. The third-order valence-electron chi connectivity index (χ3n) is 4.93. The molecule has 0 atom stereocenters. The van der Waals surface area contributed by atoms with Crippen molar-refractivity contribution in [3.63, 3.8) is 0 Å². The minimum absolute atomic E-state index is 0.0116. The zero-order valence-corrected chi connectivity index (χ0v) is 17.6. The van der Waals surface area contributed by atoms with Crippen molar-refractivity contribution >= 4 is 5.91 Å². The minimum atomic E-state index is -0.322. The van der Waals surface area contributed by atoms with Gasteiger partial charge in [0.2, 0.25) is 5.91 Å². The molecule has 0 bridgehead atoms. The van der Waals surface area contributed by atoms with Gasteiger partial charge >= 0.3 is 0 Å². The lowest BCUT2D eigenvalue weighted by Gasteiger charge is -2.23. The summed E-state index contributed by atoms with van der Waals surface area (Å²) in [7, 11) is 0. The summed E-state index contributed by atoms with van der Waals surface area (Å²) in [4.78, 5) is 14.8. The summed E-state index contributed by atoms with van der Waals surface area (Å²) in [5.74, 6) is 0.478. The Bertz CT molecular complexity index is 1040. The molecule has 0 saturated heterocycles. The van der Waals surface area contributed by atoms with Crippen LogP contribution in [0.4, 0.5) is 4.39 Å². The second-order valence-electron chi connectivity index (χ2n) is 7.27. The molecule has 3 aromatic carbocycles. The van der Waals surface area contributed by atoms with Gasteiger partial charge in [-0.05, 0) is 66.4 Å². The summed E-state index contributed by atoms with van der Waals surface area (Å²) in [6.07, 6.45) is 0.956. The molecule has 5 heteroatoms. The summed E-state index contributed by atoms with van der Waals surface area (Å²) in [5, 5.41) is 8.99. The van der Waals surface area contributed by atoms with Crippen LogP contribution >= 0.6 is 0 Å². The Balaban J connectivity index is 1.70. The van der Waals surface area contributed by atoms with Crippen molar-refractivity contribution < 1.29 is 13.9 Å². The Morgan fingerprint density at radius 1 is 0.968 bits per heavy atom. The quantitative estimate of drug-likeness (QED) is 0.478. The van der Waals surface area contributed by atoms with Crippen LogP contribution in [-0.4, -0.2) is 17.4 Å². The van der Waals surface area contributed by atoms with Crippen LogP contribution < -0.4 is 4.74 Å². The van der Waals surface area contributed by atoms with E-state index in [1.807, 2.05) is 49.4 Å². The van der Waals surface area contributed by atoms with Crippen molar-refractivity contribution in [3.05, 3.63) is 101 Å². The molecule has 0 fully saturated rings. The lowest BCUT2D eigenvalue weighted by Crippen LogP contribution is -2.30. The van der Waals surface area contributed by atoms with Crippen LogP contribution in [-0.2, 0) is 24.3 Å². The van der Waals surface area contributed by atoms with Crippen LogP contribution in [0.25, 0.3) is 0 Å². The van der Waals surface area contributed by atoms with E-state index in [1.165, 1.54) is 12.1 Å². The fraction of sp³-hybridized carbons (Fsp3) is 0.231. The second-order valence-corrected chi connectivity index (χ2v) is 7.27. The summed E-state index contributed by atoms with van der Waals surface area (Å²) in [6.45, 7) is 3.26. The lowest BCUT2D eigenvalue weighted by molar-refractivity contribution is -0.132. The number of ether oxygens (including phenoxy) is 1. The van der Waals surface area contributed by atoms with E-state index in [-0.39, 0.29) is 11.7 Å². The number of nitrogens with zero attached hydrogens (tertiary/aromatic N) is 2. The number of nitriles is 1. The lowest BCUT2D eigenvalue weighted by atomic mass is 10.1. The van der Waals surface area contributed by atoms with Crippen molar-refractivity contribution in [2.45, 2.75) is 32.9 Å². The fourth-order valence-electron chi connectivity index (χ4n) is 3.32. The highest BCUT2D eigenvalue weighted by Crippen LogP contribution is 2.17. The van der Waals surface area contributed by atoms with Crippen molar-refractivity contribution in [1.29, 1.82) is 5.26 Å². The van der Waals surface area contributed by atoms with E-state index in [2.05, 4.69) is 6.07 Å². The number of benzene rings is 3. The summed E-state index contributed by atoms with van der Waals surface area (Å²) < 4.78 is 19.1. The predicted molar refractivity (Wildman–Crippen MR) is 118 cm³/mol. The van der Waals surface area contributed by atoms with E-state index in [4.69, 9.17) is 10.00 Å². The Labute approximate surface area is 182 Å². The standard InChI is InChI=1S/C26H25FN2O2/c1-2-31-25-13-10-20(11-14-25)12-15-26(30)29(19-23-4-3-5-24(27)16-23)18-22-8-6-21(17-28)7-9-22/h3-11,13-14,16H,2,12,15,18-19H2,1H3. The molecular weight excluding hydrogens is 391 g/mol. The zero-order valence-electron chi connectivity index (χ0n) is 17.6. The monoisotopic (exact) mass is 416 g/mol. The molecule has 3 aromatic rings. The highest BCUT2D eigenvalue weighted by molar-refractivity contribution is 5.76. The number of aryl methyl sites for hydroxylation is 1. The zero-order chi connectivity index (χ0) is 22.1. The van der Waals surface area contributed by atoms with Gasteiger partial charge in [0.25, 0.3) is 0 Å². The molecule has 158 valence electrons. The number of hydrogen-bond acceptors (Lipinski definition) is 3. The van der Waals surface area contributed by atoms with Crippen molar-refractivity contribution in [3.8, 4) is 11.8 Å². The van der Waals surface area contributed by atoms with E-state index < -0.39 is 0 Å². The maximum Gasteiger partial charge on any atom is 0.223 e. The summed E-state index contributed by atoms with van der Waals surface area (Å²) in [6, 6.07) is 23.3.